The molecule has 0 aliphatic carbocycles. The van der Waals surface area contributed by atoms with Gasteiger partial charge in [0.25, 0.3) is 0 Å². The van der Waals surface area contributed by atoms with Gasteiger partial charge in [-0.05, 0) is 31.9 Å². The Balaban J connectivity index is 2.24. The topological polar surface area (TPSA) is 83.9 Å². The van der Waals surface area contributed by atoms with Crippen molar-refractivity contribution in [2.24, 2.45) is 0 Å². The summed E-state index contributed by atoms with van der Waals surface area (Å²) >= 11 is 0. The third-order valence-electron chi connectivity index (χ3n) is 3.80. The molecule has 24 heavy (non-hydrogen) atoms. The highest BCUT2D eigenvalue weighted by molar-refractivity contribution is 5.87. The highest BCUT2D eigenvalue weighted by Crippen LogP contribution is 2.26. The molecule has 130 valence electrons. The van der Waals surface area contributed by atoms with Crippen molar-refractivity contribution in [1.82, 2.24) is 4.90 Å². The van der Waals surface area contributed by atoms with Gasteiger partial charge in [-0.15, -0.1) is 0 Å². The van der Waals surface area contributed by atoms with Crippen molar-refractivity contribution in [2.45, 2.75) is 58.2 Å². The Morgan fingerprint density at radius 3 is 2.38 bits per heavy atom. The second-order valence-electron chi connectivity index (χ2n) is 6.94. The molecule has 1 aliphatic heterocycles. The lowest BCUT2D eigenvalue weighted by Crippen LogP contribution is -2.50. The number of hydrogen-bond acceptors (Lipinski definition) is 4. The summed E-state index contributed by atoms with van der Waals surface area (Å²) < 4.78 is 5.45. The highest BCUT2D eigenvalue weighted by atomic mass is 16.6. The normalized spacial score (nSPS) is 17.1. The van der Waals surface area contributed by atoms with Crippen molar-refractivity contribution in [1.29, 1.82) is 0 Å². The second kappa shape index (κ2) is 7.03. The summed E-state index contributed by atoms with van der Waals surface area (Å²) in [6.45, 7) is 5.62. The van der Waals surface area contributed by atoms with E-state index in [9.17, 15) is 14.4 Å². The number of aliphatic carboxylic acids is 1. The number of rotatable bonds is 4. The van der Waals surface area contributed by atoms with Gasteiger partial charge in [-0.2, -0.15) is 0 Å². The highest BCUT2D eigenvalue weighted by Gasteiger charge is 2.37. The third-order valence-corrected chi connectivity index (χ3v) is 3.80. The fourth-order valence-corrected chi connectivity index (χ4v) is 2.72. The molecular weight excluding hydrogens is 310 g/mol. The zero-order valence-electron chi connectivity index (χ0n) is 14.2. The first-order valence-corrected chi connectivity index (χ1v) is 7.98. The number of carbonyl (C=O) groups is 3. The summed E-state index contributed by atoms with van der Waals surface area (Å²) in [5.74, 6) is -1.84. The lowest BCUT2D eigenvalue weighted by Gasteiger charge is -2.36. The van der Waals surface area contributed by atoms with Crippen LogP contribution in [0.5, 0.6) is 0 Å². The molecule has 2 rings (SSSR count). The van der Waals surface area contributed by atoms with Crippen molar-refractivity contribution >= 4 is 17.8 Å². The molecule has 1 unspecified atom stereocenters. The number of benzene rings is 1. The smallest absolute Gasteiger partial charge is 0.329 e. The molecule has 1 aliphatic rings. The van der Waals surface area contributed by atoms with E-state index in [-0.39, 0.29) is 18.7 Å². The zero-order chi connectivity index (χ0) is 17.9. The van der Waals surface area contributed by atoms with Crippen LogP contribution in [0.25, 0.3) is 0 Å². The minimum atomic E-state index is -1.03. The maximum absolute atomic E-state index is 12.5. The molecule has 0 saturated heterocycles. The van der Waals surface area contributed by atoms with Crippen LogP contribution < -0.4 is 0 Å². The average molecular weight is 333 g/mol. The van der Waals surface area contributed by atoms with Gasteiger partial charge in [-0.1, -0.05) is 24.3 Å². The van der Waals surface area contributed by atoms with Crippen LogP contribution in [0, 0.1) is 0 Å². The Bertz CT molecular complexity index is 647. The van der Waals surface area contributed by atoms with Crippen molar-refractivity contribution in [3.05, 3.63) is 35.4 Å². The van der Waals surface area contributed by atoms with Crippen LogP contribution in [0.1, 0.15) is 44.7 Å². The monoisotopic (exact) mass is 333 g/mol. The maximum atomic E-state index is 12.5. The first-order valence-electron chi connectivity index (χ1n) is 7.98. The van der Waals surface area contributed by atoms with Crippen LogP contribution >= 0.6 is 0 Å². The Hall–Kier alpha value is -2.37. The van der Waals surface area contributed by atoms with E-state index >= 15 is 0 Å². The van der Waals surface area contributed by atoms with E-state index < -0.39 is 23.6 Å². The quantitative estimate of drug-likeness (QED) is 0.854. The van der Waals surface area contributed by atoms with Gasteiger partial charge in [0.1, 0.15) is 11.6 Å². The van der Waals surface area contributed by atoms with E-state index in [0.717, 1.165) is 11.1 Å². The molecule has 0 spiro atoms. The number of hydrogen-bond donors (Lipinski definition) is 1. The predicted octanol–water partition coefficient (Wildman–Crippen LogP) is 2.15. The van der Waals surface area contributed by atoms with E-state index in [1.807, 2.05) is 24.3 Å². The molecule has 1 amide bonds. The van der Waals surface area contributed by atoms with Crippen molar-refractivity contribution in [3.63, 3.8) is 0 Å². The minimum Gasteiger partial charge on any atom is -0.481 e. The van der Waals surface area contributed by atoms with Crippen molar-refractivity contribution in [3.8, 4) is 0 Å². The molecule has 0 radical (unpaired) electrons. The van der Waals surface area contributed by atoms with E-state index in [1.54, 1.807) is 20.8 Å². The fourth-order valence-electron chi connectivity index (χ4n) is 2.72. The van der Waals surface area contributed by atoms with Gasteiger partial charge in [0.05, 0.1) is 6.42 Å². The van der Waals surface area contributed by atoms with Crippen LogP contribution in [0.2, 0.25) is 0 Å². The first kappa shape index (κ1) is 18.0. The molecule has 1 aromatic rings. The molecule has 6 nitrogen and oxygen atoms in total. The summed E-state index contributed by atoms with van der Waals surface area (Å²) in [4.78, 5) is 37.2. The van der Waals surface area contributed by atoms with Crippen molar-refractivity contribution < 1.29 is 24.2 Å². The lowest BCUT2D eigenvalue weighted by molar-refractivity contribution is -0.166. The standard InChI is InChI=1S/C18H23NO5/c1-18(2,3)24-17(23)14-10-12-6-4-5-7-13(12)11-19(14)15(20)8-9-16(21)22/h4-7,14H,8-11H2,1-3H3,(H,21,22). The van der Waals surface area contributed by atoms with Crippen LogP contribution in [0.3, 0.4) is 0 Å². The van der Waals surface area contributed by atoms with Gasteiger partial charge in [0.2, 0.25) is 5.91 Å². The number of ether oxygens (including phenoxy) is 1. The van der Waals surface area contributed by atoms with E-state index in [2.05, 4.69) is 0 Å². The first-order chi connectivity index (χ1) is 11.2. The molecule has 6 heteroatoms. The van der Waals surface area contributed by atoms with Crippen molar-refractivity contribution in [2.75, 3.05) is 0 Å². The van der Waals surface area contributed by atoms with Gasteiger partial charge in [-0.3, -0.25) is 9.59 Å². The zero-order valence-corrected chi connectivity index (χ0v) is 14.2. The third kappa shape index (κ3) is 4.57. The van der Waals surface area contributed by atoms with E-state index in [4.69, 9.17) is 9.84 Å². The predicted molar refractivity (Wildman–Crippen MR) is 87.2 cm³/mol. The maximum Gasteiger partial charge on any atom is 0.329 e. The average Bonchev–Trinajstić information content (AvgIpc) is 2.49. The second-order valence-corrected chi connectivity index (χ2v) is 6.94. The molecular formula is C18H23NO5. The molecule has 0 aromatic heterocycles. The number of carboxylic acid groups (broad SMARTS) is 1. The molecule has 0 bridgehead atoms. The number of carboxylic acids is 1. The van der Waals surface area contributed by atoms with Gasteiger partial charge in [0.15, 0.2) is 0 Å². The molecule has 1 aromatic carbocycles. The number of fused-ring (bicyclic) bond motifs is 1. The summed E-state index contributed by atoms with van der Waals surface area (Å²) in [5.41, 5.74) is 1.33. The molecule has 1 heterocycles. The largest absolute Gasteiger partial charge is 0.481 e. The SMILES string of the molecule is CC(C)(C)OC(=O)C1Cc2ccccc2CN1C(=O)CCC(=O)O. The Morgan fingerprint density at radius 1 is 1.17 bits per heavy atom. The molecule has 1 atom stereocenters. The lowest BCUT2D eigenvalue weighted by atomic mass is 9.93. The summed E-state index contributed by atoms with van der Waals surface area (Å²) in [6, 6.07) is 6.91. The number of esters is 1. The van der Waals surface area contributed by atoms with Crippen LogP contribution in [0.15, 0.2) is 24.3 Å². The van der Waals surface area contributed by atoms with Gasteiger partial charge in [-0.25, -0.2) is 4.79 Å². The van der Waals surface area contributed by atoms with E-state index in [0.29, 0.717) is 13.0 Å². The molecule has 0 saturated carbocycles. The summed E-state index contributed by atoms with van der Waals surface area (Å²) in [6.07, 6.45) is -0.00127. The van der Waals surface area contributed by atoms with Gasteiger partial charge >= 0.3 is 11.9 Å². The Morgan fingerprint density at radius 2 is 1.79 bits per heavy atom. The Kier molecular flexibility index (Phi) is 5.26. The molecule has 0 fully saturated rings. The molecule has 1 N–H and O–H groups in total. The minimum absolute atomic E-state index is 0.128. The number of amides is 1. The fraction of sp³-hybridized carbons (Fsp3) is 0.500. The number of carbonyl (C=O) groups excluding carboxylic acids is 2. The summed E-state index contributed by atoms with van der Waals surface area (Å²) in [5, 5.41) is 8.78. The van der Waals surface area contributed by atoms with Gasteiger partial charge in [0, 0.05) is 19.4 Å². The summed E-state index contributed by atoms with van der Waals surface area (Å²) in [7, 11) is 0. The Labute approximate surface area is 141 Å². The van der Waals surface area contributed by atoms with Crippen LogP contribution in [0.4, 0.5) is 0 Å². The number of nitrogens with zero attached hydrogens (tertiary/aromatic N) is 1. The van der Waals surface area contributed by atoms with E-state index in [1.165, 1.54) is 4.90 Å². The van der Waals surface area contributed by atoms with Crippen LogP contribution in [-0.4, -0.2) is 39.5 Å². The van der Waals surface area contributed by atoms with Gasteiger partial charge < -0.3 is 14.7 Å². The van der Waals surface area contributed by atoms with Crippen LogP contribution in [-0.2, 0) is 32.1 Å².